The Morgan fingerprint density at radius 1 is 1.16 bits per heavy atom. The highest BCUT2D eigenvalue weighted by atomic mass is 15.1. The lowest BCUT2D eigenvalue weighted by atomic mass is 10.1. The molecule has 0 aliphatic rings. The number of pyridine rings is 1. The zero-order valence-corrected chi connectivity index (χ0v) is 14.7. The van der Waals surface area contributed by atoms with Gasteiger partial charge >= 0.3 is 0 Å². The Morgan fingerprint density at radius 3 is 2.52 bits per heavy atom. The van der Waals surface area contributed by atoms with Crippen LogP contribution < -0.4 is 15.2 Å². The van der Waals surface area contributed by atoms with Crippen molar-refractivity contribution in [2.24, 2.45) is 5.73 Å². The standard InChI is InChI=1S/C21H25N4/c1-3-19-6-4-7-21(25(19)17-15-23)13-10-18-8-11-20(12-9-18)24(2)16-5-14-22/h3-4,6-13H,1,5,15-17,23H2,2H3/q+1. The molecule has 0 amide bonds. The molecule has 0 spiro atoms. The van der Waals surface area contributed by atoms with Crippen molar-refractivity contribution in [3.05, 3.63) is 66.0 Å². The first-order valence-electron chi connectivity index (χ1n) is 8.41. The molecule has 0 bridgehead atoms. The minimum Gasteiger partial charge on any atom is -0.374 e. The molecule has 2 aromatic rings. The lowest BCUT2D eigenvalue weighted by Crippen LogP contribution is -2.43. The second kappa shape index (κ2) is 9.41. The first kappa shape index (κ1) is 18.4. The van der Waals surface area contributed by atoms with Crippen LogP contribution in [0.15, 0.2) is 49.0 Å². The van der Waals surface area contributed by atoms with E-state index in [9.17, 15) is 0 Å². The van der Waals surface area contributed by atoms with Gasteiger partial charge in [0.05, 0.1) is 19.0 Å². The molecule has 2 rings (SSSR count). The van der Waals surface area contributed by atoms with Crippen LogP contribution in [0.1, 0.15) is 23.4 Å². The van der Waals surface area contributed by atoms with Gasteiger partial charge in [0, 0.05) is 43.6 Å². The van der Waals surface area contributed by atoms with Crippen LogP contribution in [-0.4, -0.2) is 20.1 Å². The predicted octanol–water partition coefficient (Wildman–Crippen LogP) is 3.10. The molecule has 1 aromatic heterocycles. The van der Waals surface area contributed by atoms with Gasteiger partial charge in [-0.2, -0.15) is 9.83 Å². The maximum absolute atomic E-state index is 8.68. The Bertz CT molecular complexity index is 769. The third kappa shape index (κ3) is 5.03. The summed E-state index contributed by atoms with van der Waals surface area (Å²) in [5.41, 5.74) is 10.1. The molecule has 128 valence electrons. The minimum atomic E-state index is 0.527. The van der Waals surface area contributed by atoms with Crippen molar-refractivity contribution in [1.82, 2.24) is 0 Å². The van der Waals surface area contributed by atoms with Gasteiger partial charge in [-0.05, 0) is 29.8 Å². The number of nitrogens with zero attached hydrogens (tertiary/aromatic N) is 3. The molecule has 0 atom stereocenters. The van der Waals surface area contributed by atoms with E-state index in [1.165, 1.54) is 0 Å². The van der Waals surface area contributed by atoms with Gasteiger partial charge in [-0.3, -0.25) is 0 Å². The number of hydrogen-bond donors (Lipinski definition) is 1. The smallest absolute Gasteiger partial charge is 0.205 e. The van der Waals surface area contributed by atoms with E-state index in [1.54, 1.807) is 0 Å². The van der Waals surface area contributed by atoms with Crippen molar-refractivity contribution in [2.45, 2.75) is 13.0 Å². The minimum absolute atomic E-state index is 0.527. The van der Waals surface area contributed by atoms with E-state index in [-0.39, 0.29) is 0 Å². The summed E-state index contributed by atoms with van der Waals surface area (Å²) in [5.74, 6) is 0. The highest BCUT2D eigenvalue weighted by Gasteiger charge is 2.11. The molecule has 0 saturated carbocycles. The van der Waals surface area contributed by atoms with Crippen molar-refractivity contribution in [1.29, 1.82) is 5.26 Å². The van der Waals surface area contributed by atoms with Crippen LogP contribution in [0.4, 0.5) is 5.69 Å². The van der Waals surface area contributed by atoms with Gasteiger partial charge in [0.15, 0.2) is 6.54 Å². The molecule has 4 heteroatoms. The fourth-order valence-corrected chi connectivity index (χ4v) is 2.65. The van der Waals surface area contributed by atoms with Crippen LogP contribution >= 0.6 is 0 Å². The van der Waals surface area contributed by atoms with Crippen molar-refractivity contribution in [2.75, 3.05) is 25.0 Å². The Hall–Kier alpha value is -2.90. The summed E-state index contributed by atoms with van der Waals surface area (Å²) in [5, 5.41) is 8.68. The molecular weight excluding hydrogens is 308 g/mol. The van der Waals surface area contributed by atoms with Crippen LogP contribution in [0.5, 0.6) is 0 Å². The summed E-state index contributed by atoms with van der Waals surface area (Å²) in [4.78, 5) is 2.08. The molecule has 25 heavy (non-hydrogen) atoms. The van der Waals surface area contributed by atoms with Gasteiger partial charge in [0.1, 0.15) is 0 Å². The van der Waals surface area contributed by atoms with Crippen LogP contribution in [0, 0.1) is 11.3 Å². The first-order valence-corrected chi connectivity index (χ1v) is 8.41. The van der Waals surface area contributed by atoms with Crippen LogP contribution in [0.3, 0.4) is 0 Å². The lowest BCUT2D eigenvalue weighted by molar-refractivity contribution is -0.697. The zero-order chi connectivity index (χ0) is 18.1. The van der Waals surface area contributed by atoms with Gasteiger partial charge in [-0.1, -0.05) is 18.7 Å². The monoisotopic (exact) mass is 333 g/mol. The van der Waals surface area contributed by atoms with E-state index in [0.717, 1.165) is 35.7 Å². The van der Waals surface area contributed by atoms with Crippen molar-refractivity contribution in [3.63, 3.8) is 0 Å². The number of hydrogen-bond acceptors (Lipinski definition) is 3. The quantitative estimate of drug-likeness (QED) is 0.755. The SMILES string of the molecule is C=Cc1cccc(/C=C/c2ccc(N(C)CCC#N)cc2)[n+]1CCN. The average Bonchev–Trinajstić information content (AvgIpc) is 2.65. The zero-order valence-electron chi connectivity index (χ0n) is 14.7. The first-order chi connectivity index (χ1) is 12.2. The van der Waals surface area contributed by atoms with Gasteiger partial charge < -0.3 is 10.6 Å². The fourth-order valence-electron chi connectivity index (χ4n) is 2.65. The van der Waals surface area contributed by atoms with Crippen LogP contribution in [0.2, 0.25) is 0 Å². The third-order valence-corrected chi connectivity index (χ3v) is 4.06. The average molecular weight is 333 g/mol. The van der Waals surface area contributed by atoms with E-state index in [0.29, 0.717) is 13.0 Å². The van der Waals surface area contributed by atoms with Gasteiger partial charge in [-0.25, -0.2) is 0 Å². The molecule has 1 heterocycles. The Kier molecular flexibility index (Phi) is 6.94. The lowest BCUT2D eigenvalue weighted by Gasteiger charge is -2.17. The summed E-state index contributed by atoms with van der Waals surface area (Å²) in [6.07, 6.45) is 6.56. The third-order valence-electron chi connectivity index (χ3n) is 4.06. The highest BCUT2D eigenvalue weighted by molar-refractivity contribution is 5.68. The molecule has 4 nitrogen and oxygen atoms in total. The number of aromatic nitrogens is 1. The van der Waals surface area contributed by atoms with E-state index < -0.39 is 0 Å². The summed E-state index contributed by atoms with van der Waals surface area (Å²) < 4.78 is 2.16. The fraction of sp³-hybridized carbons (Fsp3) is 0.238. The number of nitriles is 1. The van der Waals surface area contributed by atoms with Crippen LogP contribution in [0.25, 0.3) is 18.2 Å². The second-order valence-corrected chi connectivity index (χ2v) is 5.77. The molecular formula is C21H25N4+. The van der Waals surface area contributed by atoms with Crippen molar-refractivity contribution < 1.29 is 4.57 Å². The Morgan fingerprint density at radius 2 is 1.88 bits per heavy atom. The molecule has 0 aliphatic carbocycles. The maximum atomic E-state index is 8.68. The van der Waals surface area contributed by atoms with Gasteiger partial charge in [-0.15, -0.1) is 0 Å². The van der Waals surface area contributed by atoms with Gasteiger partial charge in [0.2, 0.25) is 11.4 Å². The summed E-state index contributed by atoms with van der Waals surface area (Å²) in [6, 6.07) is 16.6. The number of anilines is 1. The maximum Gasteiger partial charge on any atom is 0.205 e. The molecule has 0 fully saturated rings. The van der Waals surface area contributed by atoms with Gasteiger partial charge in [0.25, 0.3) is 0 Å². The topological polar surface area (TPSA) is 56.9 Å². The molecule has 0 aliphatic heterocycles. The molecule has 1 aromatic carbocycles. The number of benzene rings is 1. The van der Waals surface area contributed by atoms with E-state index >= 15 is 0 Å². The predicted molar refractivity (Wildman–Crippen MR) is 105 cm³/mol. The van der Waals surface area contributed by atoms with E-state index in [4.69, 9.17) is 11.0 Å². The summed E-state index contributed by atoms with van der Waals surface area (Å²) in [6.45, 7) is 5.94. The number of nitrogens with two attached hydrogens (primary N) is 1. The normalized spacial score (nSPS) is 10.6. The molecule has 0 unspecified atom stereocenters. The van der Waals surface area contributed by atoms with E-state index in [2.05, 4.69) is 64.6 Å². The second-order valence-electron chi connectivity index (χ2n) is 5.77. The summed E-state index contributed by atoms with van der Waals surface area (Å²) >= 11 is 0. The Labute approximate surface area is 150 Å². The number of rotatable bonds is 8. The van der Waals surface area contributed by atoms with Crippen molar-refractivity contribution >= 4 is 23.9 Å². The largest absolute Gasteiger partial charge is 0.374 e. The highest BCUT2D eigenvalue weighted by Crippen LogP contribution is 2.15. The summed E-state index contributed by atoms with van der Waals surface area (Å²) in [7, 11) is 2.00. The van der Waals surface area contributed by atoms with Crippen LogP contribution in [-0.2, 0) is 6.54 Å². The molecule has 0 saturated heterocycles. The molecule has 2 N–H and O–H groups in total. The Balaban J connectivity index is 2.17. The van der Waals surface area contributed by atoms with Crippen molar-refractivity contribution in [3.8, 4) is 6.07 Å². The van der Waals surface area contributed by atoms with E-state index in [1.807, 2.05) is 25.3 Å². The molecule has 0 radical (unpaired) electrons.